The molecule has 0 spiro atoms. The van der Waals surface area contributed by atoms with Crippen LogP contribution in [0, 0.1) is 18.3 Å². The van der Waals surface area contributed by atoms with Gasteiger partial charge < -0.3 is 4.74 Å². The zero-order chi connectivity index (χ0) is 13.0. The van der Waals surface area contributed by atoms with E-state index in [4.69, 9.17) is 10.00 Å². The number of nitrogens with zero attached hydrogens (tertiary/aromatic N) is 4. The zero-order valence-electron chi connectivity index (χ0n) is 10.2. The molecule has 0 bridgehead atoms. The summed E-state index contributed by atoms with van der Waals surface area (Å²) in [5, 5.41) is 8.63. The van der Waals surface area contributed by atoms with E-state index in [1.165, 1.54) is 12.4 Å². The molecule has 0 N–H and O–H groups in total. The minimum absolute atomic E-state index is 0.264. The fraction of sp³-hybridized carbons (Fsp3) is 0.231. The zero-order valence-corrected chi connectivity index (χ0v) is 10.2. The van der Waals surface area contributed by atoms with Crippen molar-refractivity contribution in [2.45, 2.75) is 20.3 Å². The first-order valence-corrected chi connectivity index (χ1v) is 5.59. The largest absolute Gasteiger partial charge is 0.436 e. The Morgan fingerprint density at radius 2 is 2.11 bits per heavy atom. The van der Waals surface area contributed by atoms with Crippen LogP contribution in [0.25, 0.3) is 0 Å². The maximum absolute atomic E-state index is 8.63. The van der Waals surface area contributed by atoms with Crippen molar-refractivity contribution in [1.82, 2.24) is 15.0 Å². The molecule has 0 unspecified atom stereocenters. The highest BCUT2D eigenvalue weighted by Gasteiger charge is 2.06. The first kappa shape index (κ1) is 12.0. The van der Waals surface area contributed by atoms with Crippen LogP contribution in [0.2, 0.25) is 0 Å². The van der Waals surface area contributed by atoms with Crippen LogP contribution in [-0.2, 0) is 6.42 Å². The summed E-state index contributed by atoms with van der Waals surface area (Å²) in [4.78, 5) is 12.3. The van der Waals surface area contributed by atoms with Gasteiger partial charge in [-0.15, -0.1) is 0 Å². The van der Waals surface area contributed by atoms with E-state index in [0.717, 1.165) is 17.8 Å². The van der Waals surface area contributed by atoms with E-state index in [1.54, 1.807) is 0 Å². The highest BCUT2D eigenvalue weighted by molar-refractivity contribution is 5.32. The van der Waals surface area contributed by atoms with E-state index in [1.807, 2.05) is 32.0 Å². The number of ether oxygens (including phenoxy) is 1. The van der Waals surface area contributed by atoms with Crippen molar-refractivity contribution < 1.29 is 4.74 Å². The molecule has 2 aromatic heterocycles. The van der Waals surface area contributed by atoms with Gasteiger partial charge in [-0.05, 0) is 25.5 Å². The van der Waals surface area contributed by atoms with Gasteiger partial charge in [-0.3, -0.25) is 4.98 Å². The number of hydrogen-bond donors (Lipinski definition) is 0. The highest BCUT2D eigenvalue weighted by atomic mass is 16.5. The Hall–Kier alpha value is -2.48. The van der Waals surface area contributed by atoms with Gasteiger partial charge in [0.15, 0.2) is 11.4 Å². The molecule has 0 amide bonds. The van der Waals surface area contributed by atoms with Gasteiger partial charge >= 0.3 is 0 Å². The average molecular weight is 240 g/mol. The minimum Gasteiger partial charge on any atom is -0.436 e. The number of aryl methyl sites for hydroxylation is 2. The molecule has 0 aliphatic heterocycles. The normalized spacial score (nSPS) is 9.83. The molecule has 0 atom stereocenters. The van der Waals surface area contributed by atoms with Crippen LogP contribution in [0.5, 0.6) is 11.6 Å². The number of nitriles is 1. The fourth-order valence-electron chi connectivity index (χ4n) is 1.48. The lowest BCUT2D eigenvalue weighted by Gasteiger charge is -2.08. The Morgan fingerprint density at radius 1 is 1.28 bits per heavy atom. The summed E-state index contributed by atoms with van der Waals surface area (Å²) in [6, 6.07) is 5.65. The van der Waals surface area contributed by atoms with Crippen molar-refractivity contribution in [2.75, 3.05) is 0 Å². The summed E-state index contributed by atoms with van der Waals surface area (Å²) in [6.07, 6.45) is 3.58. The molecular formula is C13H12N4O. The van der Waals surface area contributed by atoms with Crippen molar-refractivity contribution in [3.8, 4) is 17.7 Å². The molecule has 18 heavy (non-hydrogen) atoms. The molecule has 0 saturated carbocycles. The van der Waals surface area contributed by atoms with Crippen LogP contribution in [0.3, 0.4) is 0 Å². The monoisotopic (exact) mass is 240 g/mol. The van der Waals surface area contributed by atoms with Crippen molar-refractivity contribution in [2.24, 2.45) is 0 Å². The molecule has 0 aliphatic rings. The lowest BCUT2D eigenvalue weighted by atomic mass is 10.2. The molecule has 0 fully saturated rings. The van der Waals surface area contributed by atoms with Gasteiger partial charge in [-0.2, -0.15) is 5.26 Å². The van der Waals surface area contributed by atoms with Crippen LogP contribution in [0.4, 0.5) is 0 Å². The quantitative estimate of drug-likeness (QED) is 0.823. The van der Waals surface area contributed by atoms with Crippen molar-refractivity contribution in [3.63, 3.8) is 0 Å². The minimum atomic E-state index is 0.264. The third-order valence-corrected chi connectivity index (χ3v) is 2.36. The lowest BCUT2D eigenvalue weighted by molar-refractivity contribution is 0.451. The van der Waals surface area contributed by atoms with Gasteiger partial charge in [0, 0.05) is 5.69 Å². The third-order valence-electron chi connectivity index (χ3n) is 2.36. The number of pyridine rings is 1. The summed E-state index contributed by atoms with van der Waals surface area (Å²) >= 11 is 0. The number of rotatable bonds is 3. The molecular weight excluding hydrogens is 228 g/mol. The Labute approximate surface area is 105 Å². The predicted molar refractivity (Wildman–Crippen MR) is 65.2 cm³/mol. The molecule has 2 rings (SSSR count). The second-order valence-electron chi connectivity index (χ2n) is 3.70. The van der Waals surface area contributed by atoms with Gasteiger partial charge in [0.1, 0.15) is 6.07 Å². The van der Waals surface area contributed by atoms with E-state index < -0.39 is 0 Å². The van der Waals surface area contributed by atoms with E-state index >= 15 is 0 Å². The van der Waals surface area contributed by atoms with Crippen molar-refractivity contribution >= 4 is 0 Å². The van der Waals surface area contributed by atoms with Crippen molar-refractivity contribution in [1.29, 1.82) is 5.26 Å². The van der Waals surface area contributed by atoms with Crippen LogP contribution >= 0.6 is 0 Å². The fourth-order valence-corrected chi connectivity index (χ4v) is 1.48. The summed E-state index contributed by atoms with van der Waals surface area (Å²) in [7, 11) is 0. The van der Waals surface area contributed by atoms with Crippen LogP contribution in [0.1, 0.15) is 24.0 Å². The van der Waals surface area contributed by atoms with E-state index in [9.17, 15) is 0 Å². The van der Waals surface area contributed by atoms with Crippen LogP contribution in [0.15, 0.2) is 24.5 Å². The first-order valence-electron chi connectivity index (χ1n) is 5.59. The van der Waals surface area contributed by atoms with Crippen LogP contribution in [-0.4, -0.2) is 15.0 Å². The topological polar surface area (TPSA) is 71.7 Å². The van der Waals surface area contributed by atoms with Gasteiger partial charge in [-0.1, -0.05) is 6.92 Å². The van der Waals surface area contributed by atoms with Gasteiger partial charge in [0.25, 0.3) is 0 Å². The number of aromatic nitrogens is 3. The highest BCUT2D eigenvalue weighted by Crippen LogP contribution is 2.22. The summed E-state index contributed by atoms with van der Waals surface area (Å²) in [6.45, 7) is 3.95. The standard InChI is InChI=1S/C13H12N4O/c1-3-11-12(5-4-9(2)17-11)18-13-8-15-10(6-14)7-16-13/h4-5,7-8H,3H2,1-2H3. The Bertz CT molecular complexity index is 587. The summed E-state index contributed by atoms with van der Waals surface area (Å²) in [5.74, 6) is 1.02. The third kappa shape index (κ3) is 2.61. The van der Waals surface area contributed by atoms with E-state index in [2.05, 4.69) is 15.0 Å². The second-order valence-corrected chi connectivity index (χ2v) is 3.70. The number of hydrogen-bond acceptors (Lipinski definition) is 5. The summed E-state index contributed by atoms with van der Waals surface area (Å²) in [5.41, 5.74) is 2.09. The van der Waals surface area contributed by atoms with E-state index in [0.29, 0.717) is 11.6 Å². The molecule has 0 aliphatic carbocycles. The molecule has 90 valence electrons. The molecule has 5 heteroatoms. The maximum atomic E-state index is 8.63. The smallest absolute Gasteiger partial charge is 0.238 e. The van der Waals surface area contributed by atoms with Gasteiger partial charge in [0.05, 0.1) is 18.1 Å². The average Bonchev–Trinajstić information content (AvgIpc) is 2.41. The second kappa shape index (κ2) is 5.23. The molecule has 0 radical (unpaired) electrons. The van der Waals surface area contributed by atoms with Gasteiger partial charge in [0.2, 0.25) is 5.88 Å². The Morgan fingerprint density at radius 3 is 2.72 bits per heavy atom. The van der Waals surface area contributed by atoms with Crippen molar-refractivity contribution in [3.05, 3.63) is 41.6 Å². The SMILES string of the molecule is CCc1nc(C)ccc1Oc1cnc(C#N)cn1. The first-order chi connectivity index (χ1) is 8.72. The van der Waals surface area contributed by atoms with Gasteiger partial charge in [-0.25, -0.2) is 9.97 Å². The van der Waals surface area contributed by atoms with E-state index in [-0.39, 0.29) is 5.69 Å². The molecule has 0 saturated heterocycles. The molecule has 2 heterocycles. The van der Waals surface area contributed by atoms with Crippen LogP contribution < -0.4 is 4.74 Å². The molecule has 2 aromatic rings. The Balaban J connectivity index is 2.25. The lowest BCUT2D eigenvalue weighted by Crippen LogP contribution is -1.97. The molecule has 0 aromatic carbocycles. The summed E-state index contributed by atoms with van der Waals surface area (Å²) < 4.78 is 5.61. The molecule has 5 nitrogen and oxygen atoms in total. The Kier molecular flexibility index (Phi) is 3.49. The predicted octanol–water partition coefficient (Wildman–Crippen LogP) is 2.41. The maximum Gasteiger partial charge on any atom is 0.238 e.